The van der Waals surface area contributed by atoms with Gasteiger partial charge in [-0.25, -0.2) is 0 Å². The molecular formula is C42H72O10. The Kier molecular flexibility index (Phi) is 30.5. The molecule has 0 aromatic heterocycles. The summed E-state index contributed by atoms with van der Waals surface area (Å²) in [7, 11) is 0. The lowest BCUT2D eigenvalue weighted by Gasteiger charge is -2.39. The van der Waals surface area contributed by atoms with Crippen LogP contribution in [0.3, 0.4) is 0 Å². The monoisotopic (exact) mass is 737 g/mol. The van der Waals surface area contributed by atoms with Crippen LogP contribution in [0.4, 0.5) is 0 Å². The predicted octanol–water partition coefficient (Wildman–Crippen LogP) is 7.71. The molecule has 1 aliphatic rings. The Morgan fingerprint density at radius 3 is 1.73 bits per heavy atom. The van der Waals surface area contributed by atoms with Crippen LogP contribution in [0, 0.1) is 0 Å². The van der Waals surface area contributed by atoms with Crippen molar-refractivity contribution in [2.24, 2.45) is 0 Å². The molecular weight excluding hydrogens is 664 g/mol. The van der Waals surface area contributed by atoms with Gasteiger partial charge in [0, 0.05) is 12.8 Å². The number of aliphatic hydroxyl groups excluding tert-OH is 4. The predicted molar refractivity (Wildman–Crippen MR) is 205 cm³/mol. The van der Waals surface area contributed by atoms with E-state index in [9.17, 15) is 30.0 Å². The third-order valence-electron chi connectivity index (χ3n) is 8.93. The first-order chi connectivity index (χ1) is 25.3. The number of aliphatic hydroxyl groups is 4. The molecule has 1 saturated heterocycles. The Morgan fingerprint density at radius 2 is 1.13 bits per heavy atom. The molecule has 1 rings (SSSR count). The zero-order chi connectivity index (χ0) is 38.1. The maximum absolute atomic E-state index is 12.7. The molecule has 4 N–H and O–H groups in total. The Hall–Kier alpha value is -2.34. The summed E-state index contributed by atoms with van der Waals surface area (Å²) in [6, 6.07) is 0. The number of allylic oxidation sites excluding steroid dienone is 8. The van der Waals surface area contributed by atoms with E-state index in [1.165, 1.54) is 19.3 Å². The van der Waals surface area contributed by atoms with Crippen LogP contribution in [0.15, 0.2) is 48.6 Å². The van der Waals surface area contributed by atoms with Gasteiger partial charge in [-0.3, -0.25) is 9.59 Å². The fourth-order valence-corrected chi connectivity index (χ4v) is 5.73. The minimum atomic E-state index is -1.60. The van der Waals surface area contributed by atoms with Gasteiger partial charge in [0.1, 0.15) is 31.0 Å². The number of hydrogen-bond acceptors (Lipinski definition) is 10. The van der Waals surface area contributed by atoms with Crippen LogP contribution in [0.2, 0.25) is 0 Å². The van der Waals surface area contributed by atoms with Crippen molar-refractivity contribution in [3.05, 3.63) is 48.6 Å². The van der Waals surface area contributed by atoms with E-state index in [-0.39, 0.29) is 26.1 Å². The first kappa shape index (κ1) is 47.7. The van der Waals surface area contributed by atoms with Crippen molar-refractivity contribution in [2.75, 3.05) is 19.8 Å². The molecule has 0 saturated carbocycles. The van der Waals surface area contributed by atoms with Crippen molar-refractivity contribution in [1.82, 2.24) is 0 Å². The topological polar surface area (TPSA) is 152 Å². The number of esters is 2. The van der Waals surface area contributed by atoms with E-state index in [0.717, 1.165) is 89.9 Å². The summed E-state index contributed by atoms with van der Waals surface area (Å²) < 4.78 is 22.0. The molecule has 0 bridgehead atoms. The summed E-state index contributed by atoms with van der Waals surface area (Å²) in [4.78, 5) is 25.2. The van der Waals surface area contributed by atoms with Crippen LogP contribution in [-0.2, 0) is 28.5 Å². The van der Waals surface area contributed by atoms with E-state index in [4.69, 9.17) is 18.9 Å². The Bertz CT molecular complexity index is 991. The Morgan fingerprint density at radius 1 is 0.615 bits per heavy atom. The number of ether oxygens (including phenoxy) is 4. The highest BCUT2D eigenvalue weighted by Crippen LogP contribution is 2.22. The van der Waals surface area contributed by atoms with E-state index in [0.29, 0.717) is 12.8 Å². The van der Waals surface area contributed by atoms with E-state index in [1.807, 2.05) is 0 Å². The van der Waals surface area contributed by atoms with Crippen molar-refractivity contribution in [3.63, 3.8) is 0 Å². The van der Waals surface area contributed by atoms with Gasteiger partial charge in [-0.1, -0.05) is 120 Å². The number of carbonyl (C=O) groups excluding carboxylic acids is 2. The molecule has 0 aliphatic carbocycles. The van der Waals surface area contributed by atoms with Crippen molar-refractivity contribution in [2.45, 2.75) is 185 Å². The first-order valence-corrected chi connectivity index (χ1v) is 20.2. The SMILES string of the molecule is CC/C=C\C/C=C\C/C=C\CCCCCCCCCC(=O)OC(COC(=O)CCCCCCC/C=C\CCC)COC1OC(CO)C(O)C(O)C1O. The molecule has 6 unspecified atom stereocenters. The fourth-order valence-electron chi connectivity index (χ4n) is 5.73. The van der Waals surface area contributed by atoms with Gasteiger partial charge in [0.25, 0.3) is 0 Å². The third kappa shape index (κ3) is 24.8. The molecule has 1 fully saturated rings. The molecule has 0 amide bonds. The number of rotatable bonds is 32. The minimum Gasteiger partial charge on any atom is -0.462 e. The van der Waals surface area contributed by atoms with Gasteiger partial charge in [0.05, 0.1) is 13.2 Å². The standard InChI is InChI=1S/C42H72O10/c1-3-5-7-9-11-13-15-16-17-18-19-20-21-23-25-27-29-31-38(45)51-35(34-50-42-41(48)40(47)39(46)36(32-43)52-42)33-49-37(44)30-28-26-24-22-14-12-10-8-6-4-2/h5,7-8,10-11,13,16-17,35-36,39-43,46-48H,3-4,6,9,12,14-15,18-34H2,1-2H3/b7-5-,10-8-,13-11-,17-16-. The van der Waals surface area contributed by atoms with Crippen LogP contribution >= 0.6 is 0 Å². The van der Waals surface area contributed by atoms with E-state index < -0.39 is 55.4 Å². The van der Waals surface area contributed by atoms with Gasteiger partial charge in [-0.05, 0) is 64.2 Å². The van der Waals surface area contributed by atoms with Gasteiger partial charge >= 0.3 is 11.9 Å². The average Bonchev–Trinajstić information content (AvgIpc) is 3.14. The summed E-state index contributed by atoms with van der Waals surface area (Å²) in [5, 5.41) is 39.9. The fraction of sp³-hybridized carbons (Fsp3) is 0.762. The smallest absolute Gasteiger partial charge is 0.306 e. The highest BCUT2D eigenvalue weighted by molar-refractivity contribution is 5.70. The van der Waals surface area contributed by atoms with Crippen LogP contribution in [0.1, 0.15) is 149 Å². The normalized spacial score (nSPS) is 21.5. The van der Waals surface area contributed by atoms with Crippen molar-refractivity contribution >= 4 is 11.9 Å². The summed E-state index contributed by atoms with van der Waals surface area (Å²) in [5.41, 5.74) is 0. The molecule has 52 heavy (non-hydrogen) atoms. The lowest BCUT2D eigenvalue weighted by Crippen LogP contribution is -2.59. The highest BCUT2D eigenvalue weighted by atomic mass is 16.7. The second kappa shape index (κ2) is 33.2. The maximum Gasteiger partial charge on any atom is 0.306 e. The zero-order valence-corrected chi connectivity index (χ0v) is 32.3. The lowest BCUT2D eigenvalue weighted by molar-refractivity contribution is -0.305. The van der Waals surface area contributed by atoms with Crippen molar-refractivity contribution in [1.29, 1.82) is 0 Å². The molecule has 0 aromatic carbocycles. The third-order valence-corrected chi connectivity index (χ3v) is 8.93. The Labute approximate surface area is 314 Å². The Balaban J connectivity index is 2.37. The van der Waals surface area contributed by atoms with Crippen LogP contribution < -0.4 is 0 Å². The zero-order valence-electron chi connectivity index (χ0n) is 32.3. The van der Waals surface area contributed by atoms with E-state index in [1.54, 1.807) is 0 Å². The number of carbonyl (C=O) groups is 2. The molecule has 1 heterocycles. The lowest BCUT2D eigenvalue weighted by atomic mass is 9.99. The second-order valence-electron chi connectivity index (χ2n) is 13.7. The van der Waals surface area contributed by atoms with Crippen LogP contribution in [-0.4, -0.2) is 89.0 Å². The largest absolute Gasteiger partial charge is 0.462 e. The molecule has 0 spiro atoms. The van der Waals surface area contributed by atoms with Gasteiger partial charge in [-0.15, -0.1) is 0 Å². The maximum atomic E-state index is 12.7. The summed E-state index contributed by atoms with van der Waals surface area (Å²) in [6.45, 7) is 3.21. The minimum absolute atomic E-state index is 0.215. The number of unbranched alkanes of at least 4 members (excludes halogenated alkanes) is 13. The molecule has 0 aromatic rings. The van der Waals surface area contributed by atoms with E-state index >= 15 is 0 Å². The van der Waals surface area contributed by atoms with Gasteiger partial charge in [-0.2, -0.15) is 0 Å². The molecule has 6 atom stereocenters. The van der Waals surface area contributed by atoms with Crippen LogP contribution in [0.25, 0.3) is 0 Å². The molecule has 0 radical (unpaired) electrons. The van der Waals surface area contributed by atoms with Gasteiger partial charge in [0.15, 0.2) is 12.4 Å². The van der Waals surface area contributed by atoms with Gasteiger partial charge < -0.3 is 39.4 Å². The van der Waals surface area contributed by atoms with Gasteiger partial charge in [0.2, 0.25) is 0 Å². The molecule has 1 aliphatic heterocycles. The number of hydrogen-bond donors (Lipinski definition) is 4. The quantitative estimate of drug-likeness (QED) is 0.0307. The molecule has 10 heteroatoms. The summed E-state index contributed by atoms with van der Waals surface area (Å²) >= 11 is 0. The highest BCUT2D eigenvalue weighted by Gasteiger charge is 2.44. The average molecular weight is 737 g/mol. The molecule has 10 nitrogen and oxygen atoms in total. The van der Waals surface area contributed by atoms with E-state index in [2.05, 4.69) is 62.5 Å². The summed E-state index contributed by atoms with van der Waals surface area (Å²) in [5.74, 6) is -0.836. The first-order valence-electron chi connectivity index (χ1n) is 20.2. The van der Waals surface area contributed by atoms with Crippen LogP contribution in [0.5, 0.6) is 0 Å². The van der Waals surface area contributed by atoms with Crippen molar-refractivity contribution < 1.29 is 49.0 Å². The summed E-state index contributed by atoms with van der Waals surface area (Å²) in [6.07, 6.45) is 29.8. The van der Waals surface area contributed by atoms with Crippen molar-refractivity contribution in [3.8, 4) is 0 Å². The molecule has 300 valence electrons. The second-order valence-corrected chi connectivity index (χ2v) is 13.7.